The normalized spacial score (nSPS) is 14.3. The summed E-state index contributed by atoms with van der Waals surface area (Å²) < 4.78 is 68.7. The standard InChI is InChI=1S/C81H158O17P2/c1-9-74(8)60-52-44-36-27-21-16-14-12-10-11-13-15-17-23-29-39-47-55-63-80(85)97-76(67-91-78(83)61-53-45-37-28-22-19-18-20-25-33-41-49-57-71(2)3)69-95-99(87,88)93-65-75(82)66-94-100(89,90)96-70-77(68-92-79(84)62-54-46-38-32-31-35-43-51-59-73(6)7)98-81(86)64-56-48-40-30-24-26-34-42-50-58-72(4)5/h71-77,82H,9-70H2,1-8H3,(H,87,88)(H,89,90)/t74?,75?,76-,77-/m1/s1. The van der Waals surface area contributed by atoms with Gasteiger partial charge in [-0.25, -0.2) is 9.13 Å². The minimum Gasteiger partial charge on any atom is -0.462 e. The van der Waals surface area contributed by atoms with Crippen molar-refractivity contribution in [2.75, 3.05) is 39.6 Å². The van der Waals surface area contributed by atoms with E-state index in [1.54, 1.807) is 0 Å². The van der Waals surface area contributed by atoms with Crippen LogP contribution in [0.3, 0.4) is 0 Å². The van der Waals surface area contributed by atoms with Crippen molar-refractivity contribution in [1.29, 1.82) is 0 Å². The quantitative estimate of drug-likeness (QED) is 0.0222. The van der Waals surface area contributed by atoms with Gasteiger partial charge >= 0.3 is 39.5 Å². The molecule has 100 heavy (non-hydrogen) atoms. The zero-order valence-electron chi connectivity index (χ0n) is 65.8. The molecule has 0 radical (unpaired) electrons. The van der Waals surface area contributed by atoms with E-state index in [1.807, 2.05) is 0 Å². The maximum Gasteiger partial charge on any atom is 0.472 e. The van der Waals surface area contributed by atoms with Crippen LogP contribution >= 0.6 is 15.6 Å². The van der Waals surface area contributed by atoms with Gasteiger partial charge in [0.05, 0.1) is 26.4 Å². The van der Waals surface area contributed by atoms with Crippen molar-refractivity contribution in [3.63, 3.8) is 0 Å². The van der Waals surface area contributed by atoms with Crippen molar-refractivity contribution < 1.29 is 80.2 Å². The first-order chi connectivity index (χ1) is 48.1. The molecule has 0 amide bonds. The Bertz CT molecular complexity index is 1960. The number of esters is 4. The van der Waals surface area contributed by atoms with Crippen LogP contribution < -0.4 is 0 Å². The highest BCUT2D eigenvalue weighted by molar-refractivity contribution is 7.47. The number of carbonyl (C=O) groups excluding carboxylic acids is 4. The monoisotopic (exact) mass is 1470 g/mol. The van der Waals surface area contributed by atoms with Gasteiger partial charge in [0, 0.05) is 25.7 Å². The second-order valence-corrected chi connectivity index (χ2v) is 33.7. The second-order valence-electron chi connectivity index (χ2n) is 30.8. The van der Waals surface area contributed by atoms with Gasteiger partial charge in [0.2, 0.25) is 0 Å². The molecule has 0 spiro atoms. The van der Waals surface area contributed by atoms with E-state index in [-0.39, 0.29) is 25.7 Å². The van der Waals surface area contributed by atoms with Gasteiger partial charge < -0.3 is 33.8 Å². The molecule has 0 heterocycles. The molecule has 19 heteroatoms. The Morgan fingerprint density at radius 3 is 0.710 bits per heavy atom. The van der Waals surface area contributed by atoms with Gasteiger partial charge in [-0.15, -0.1) is 0 Å². The second kappa shape index (κ2) is 70.1. The molecular formula is C81H158O17P2. The molecule has 0 saturated carbocycles. The first-order valence-electron chi connectivity index (χ1n) is 41.7. The Labute approximate surface area is 613 Å². The summed E-state index contributed by atoms with van der Waals surface area (Å²) in [6.45, 7) is 14.3. The zero-order chi connectivity index (χ0) is 73.8. The van der Waals surface area contributed by atoms with Crippen LogP contribution in [0.4, 0.5) is 0 Å². The van der Waals surface area contributed by atoms with Crippen molar-refractivity contribution in [1.82, 2.24) is 0 Å². The van der Waals surface area contributed by atoms with E-state index < -0.39 is 97.5 Å². The van der Waals surface area contributed by atoms with E-state index in [4.69, 9.17) is 37.0 Å². The van der Waals surface area contributed by atoms with Crippen molar-refractivity contribution in [3.05, 3.63) is 0 Å². The fraction of sp³-hybridized carbons (Fsp3) is 0.951. The first kappa shape index (κ1) is 98.1. The van der Waals surface area contributed by atoms with Crippen molar-refractivity contribution in [2.24, 2.45) is 23.7 Å². The summed E-state index contributed by atoms with van der Waals surface area (Å²) in [6.07, 6.45) is 57.0. The lowest BCUT2D eigenvalue weighted by Gasteiger charge is -2.21. The molecule has 0 aromatic carbocycles. The molecule has 594 valence electrons. The first-order valence-corrected chi connectivity index (χ1v) is 44.7. The number of hydrogen-bond donors (Lipinski definition) is 3. The maximum absolute atomic E-state index is 13.1. The molecule has 17 nitrogen and oxygen atoms in total. The van der Waals surface area contributed by atoms with E-state index in [0.717, 1.165) is 114 Å². The number of ether oxygens (including phenoxy) is 4. The molecule has 0 saturated heterocycles. The zero-order valence-corrected chi connectivity index (χ0v) is 67.6. The fourth-order valence-electron chi connectivity index (χ4n) is 12.4. The topological polar surface area (TPSA) is 237 Å². The minimum absolute atomic E-state index is 0.105. The third kappa shape index (κ3) is 73.0. The molecule has 6 atom stereocenters. The summed E-state index contributed by atoms with van der Waals surface area (Å²) in [5.41, 5.74) is 0. The average molecular weight is 1470 g/mol. The molecule has 0 aliphatic rings. The lowest BCUT2D eigenvalue weighted by atomic mass is 9.99. The van der Waals surface area contributed by atoms with E-state index in [2.05, 4.69) is 55.4 Å². The predicted molar refractivity (Wildman–Crippen MR) is 409 cm³/mol. The summed E-state index contributed by atoms with van der Waals surface area (Å²) in [6, 6.07) is 0. The molecule has 0 aromatic rings. The van der Waals surface area contributed by atoms with Gasteiger partial charge in [0.25, 0.3) is 0 Å². The maximum atomic E-state index is 13.1. The smallest absolute Gasteiger partial charge is 0.462 e. The molecular weight excluding hydrogens is 1310 g/mol. The summed E-state index contributed by atoms with van der Waals surface area (Å²) in [5.74, 6) is 1.000. The van der Waals surface area contributed by atoms with Crippen LogP contribution in [0.1, 0.15) is 415 Å². The number of hydrogen-bond acceptors (Lipinski definition) is 15. The molecule has 0 aliphatic heterocycles. The SMILES string of the molecule is CCC(C)CCCCCCCCCCCCCCCCCCCCC(=O)O[C@H](COC(=O)CCCCCCCCCCCCCCC(C)C)COP(=O)(O)OCC(O)COP(=O)(O)OC[C@@H](COC(=O)CCCCCCCCCCC(C)C)OC(=O)CCCCCCCCCCCC(C)C. The number of rotatable bonds is 78. The third-order valence-electron chi connectivity index (χ3n) is 19.2. The predicted octanol–water partition coefficient (Wildman–Crippen LogP) is 24.0. The van der Waals surface area contributed by atoms with E-state index in [9.17, 15) is 43.2 Å². The molecule has 3 N–H and O–H groups in total. The van der Waals surface area contributed by atoms with E-state index in [1.165, 1.54) is 218 Å². The summed E-state index contributed by atoms with van der Waals surface area (Å²) in [4.78, 5) is 73.0. The lowest BCUT2D eigenvalue weighted by molar-refractivity contribution is -0.161. The van der Waals surface area contributed by atoms with Crippen LogP contribution in [0.2, 0.25) is 0 Å². The highest BCUT2D eigenvalue weighted by Crippen LogP contribution is 2.45. The summed E-state index contributed by atoms with van der Waals surface area (Å²) in [7, 11) is -9.92. The van der Waals surface area contributed by atoms with Gasteiger partial charge in [0.15, 0.2) is 12.2 Å². The van der Waals surface area contributed by atoms with Gasteiger partial charge in [-0.1, -0.05) is 364 Å². The highest BCUT2D eigenvalue weighted by atomic mass is 31.2. The van der Waals surface area contributed by atoms with E-state index in [0.29, 0.717) is 25.7 Å². The van der Waals surface area contributed by atoms with Crippen LogP contribution in [-0.2, 0) is 65.4 Å². The number of aliphatic hydroxyl groups is 1. The van der Waals surface area contributed by atoms with Crippen molar-refractivity contribution in [3.8, 4) is 0 Å². The number of phosphoric acid groups is 2. The number of unbranched alkanes of at least 4 members (excludes halogenated alkanes) is 43. The summed E-state index contributed by atoms with van der Waals surface area (Å²) >= 11 is 0. The number of carbonyl (C=O) groups is 4. The molecule has 0 fully saturated rings. The molecule has 0 aromatic heterocycles. The van der Waals surface area contributed by atoms with Crippen LogP contribution in [0.5, 0.6) is 0 Å². The largest absolute Gasteiger partial charge is 0.472 e. The number of phosphoric ester groups is 2. The Hall–Kier alpha value is -1.94. The Balaban J connectivity index is 5.22. The average Bonchev–Trinajstić information content (AvgIpc) is 0.923. The van der Waals surface area contributed by atoms with Gasteiger partial charge in [-0.05, 0) is 49.4 Å². The van der Waals surface area contributed by atoms with Crippen molar-refractivity contribution in [2.45, 2.75) is 433 Å². The Kier molecular flexibility index (Phi) is 68.7. The van der Waals surface area contributed by atoms with Gasteiger partial charge in [-0.2, -0.15) is 0 Å². The Morgan fingerprint density at radius 2 is 0.480 bits per heavy atom. The highest BCUT2D eigenvalue weighted by Gasteiger charge is 2.30. The third-order valence-corrected chi connectivity index (χ3v) is 21.1. The number of aliphatic hydroxyl groups excluding tert-OH is 1. The molecule has 0 aliphatic carbocycles. The van der Waals surface area contributed by atoms with E-state index >= 15 is 0 Å². The van der Waals surface area contributed by atoms with Gasteiger partial charge in [0.1, 0.15) is 19.3 Å². The fourth-order valence-corrected chi connectivity index (χ4v) is 14.0. The van der Waals surface area contributed by atoms with Crippen LogP contribution in [0.15, 0.2) is 0 Å². The van der Waals surface area contributed by atoms with Crippen LogP contribution in [0, 0.1) is 23.7 Å². The molecule has 0 rings (SSSR count). The lowest BCUT2D eigenvalue weighted by Crippen LogP contribution is -2.30. The Morgan fingerprint density at radius 1 is 0.280 bits per heavy atom. The summed E-state index contributed by atoms with van der Waals surface area (Å²) in [5, 5.41) is 10.6. The molecule has 4 unspecified atom stereocenters. The molecule has 0 bridgehead atoms. The van der Waals surface area contributed by atoms with Crippen LogP contribution in [0.25, 0.3) is 0 Å². The van der Waals surface area contributed by atoms with Gasteiger partial charge in [-0.3, -0.25) is 37.3 Å². The van der Waals surface area contributed by atoms with Crippen LogP contribution in [-0.4, -0.2) is 96.7 Å². The minimum atomic E-state index is -4.96. The van der Waals surface area contributed by atoms with Crippen molar-refractivity contribution >= 4 is 39.5 Å².